The summed E-state index contributed by atoms with van der Waals surface area (Å²) in [6.07, 6.45) is 0. The Labute approximate surface area is 102 Å². The number of rotatable bonds is 2. The maximum atomic E-state index is 13.6. The smallest absolute Gasteiger partial charge is 0.165 e. The fraction of sp³-hybridized carbons (Fsp3) is 0. The van der Waals surface area contributed by atoms with E-state index < -0.39 is 5.82 Å². The number of hydrogen-bond donors (Lipinski definition) is 1. The highest BCUT2D eigenvalue weighted by Crippen LogP contribution is 2.24. The van der Waals surface area contributed by atoms with E-state index in [1.165, 1.54) is 6.07 Å². The van der Waals surface area contributed by atoms with Gasteiger partial charge >= 0.3 is 0 Å². The Bertz CT molecular complexity index is 593. The molecule has 2 rings (SSSR count). The Balaban J connectivity index is 2.32. The van der Waals surface area contributed by atoms with Gasteiger partial charge in [-0.1, -0.05) is 23.7 Å². The fourth-order valence-electron chi connectivity index (χ4n) is 1.30. The third kappa shape index (κ3) is 2.52. The summed E-state index contributed by atoms with van der Waals surface area (Å²) in [5.41, 5.74) is 0.484. The lowest BCUT2D eigenvalue weighted by Crippen LogP contribution is -1.97. The highest BCUT2D eigenvalue weighted by atomic mass is 35.5. The maximum Gasteiger partial charge on any atom is 0.165 e. The molecule has 2 aromatic rings. The van der Waals surface area contributed by atoms with Crippen molar-refractivity contribution in [1.82, 2.24) is 4.98 Å². The van der Waals surface area contributed by atoms with Crippen LogP contribution in [0.15, 0.2) is 36.4 Å². The monoisotopic (exact) mass is 247 g/mol. The van der Waals surface area contributed by atoms with Crippen molar-refractivity contribution in [3.8, 4) is 6.07 Å². The van der Waals surface area contributed by atoms with Crippen LogP contribution in [0.3, 0.4) is 0 Å². The van der Waals surface area contributed by atoms with Gasteiger partial charge in [0.15, 0.2) is 5.82 Å². The summed E-state index contributed by atoms with van der Waals surface area (Å²) in [6, 6.07) is 11.4. The van der Waals surface area contributed by atoms with Gasteiger partial charge in [0, 0.05) is 0 Å². The Hall–Kier alpha value is -2.12. The van der Waals surface area contributed by atoms with Crippen molar-refractivity contribution in [2.75, 3.05) is 5.32 Å². The molecule has 0 saturated carbocycles. The van der Waals surface area contributed by atoms with E-state index in [-0.39, 0.29) is 16.4 Å². The Morgan fingerprint density at radius 2 is 2.00 bits per heavy atom. The van der Waals surface area contributed by atoms with Gasteiger partial charge in [0.05, 0.1) is 10.7 Å². The second kappa shape index (κ2) is 4.81. The molecular weight excluding hydrogens is 241 g/mol. The van der Waals surface area contributed by atoms with Gasteiger partial charge < -0.3 is 5.32 Å². The van der Waals surface area contributed by atoms with E-state index in [9.17, 15) is 4.39 Å². The van der Waals surface area contributed by atoms with Gasteiger partial charge in [0.2, 0.25) is 0 Å². The molecule has 0 radical (unpaired) electrons. The summed E-state index contributed by atoms with van der Waals surface area (Å²) >= 11 is 5.65. The second-order valence-electron chi connectivity index (χ2n) is 3.25. The predicted octanol–water partition coefficient (Wildman–Crippen LogP) is 3.49. The molecule has 1 N–H and O–H groups in total. The lowest BCUT2D eigenvalue weighted by molar-refractivity contribution is 0.632. The van der Waals surface area contributed by atoms with E-state index in [0.717, 1.165) is 0 Å². The van der Waals surface area contributed by atoms with E-state index in [0.29, 0.717) is 5.82 Å². The van der Waals surface area contributed by atoms with Crippen molar-refractivity contribution in [1.29, 1.82) is 5.26 Å². The van der Waals surface area contributed by atoms with Gasteiger partial charge in [-0.05, 0) is 24.3 Å². The quantitative estimate of drug-likeness (QED) is 0.884. The van der Waals surface area contributed by atoms with Crippen LogP contribution in [-0.2, 0) is 0 Å². The van der Waals surface area contributed by atoms with Gasteiger partial charge in [-0.3, -0.25) is 0 Å². The number of halogens is 2. The molecular formula is C12H7ClFN3. The van der Waals surface area contributed by atoms with Crippen molar-refractivity contribution < 1.29 is 4.39 Å². The third-order valence-electron chi connectivity index (χ3n) is 2.08. The topological polar surface area (TPSA) is 48.7 Å². The van der Waals surface area contributed by atoms with E-state index >= 15 is 0 Å². The molecule has 0 aliphatic heterocycles. The van der Waals surface area contributed by atoms with Crippen molar-refractivity contribution in [2.24, 2.45) is 0 Å². The molecule has 1 aromatic carbocycles. The number of aromatic nitrogens is 1. The second-order valence-corrected chi connectivity index (χ2v) is 3.65. The summed E-state index contributed by atoms with van der Waals surface area (Å²) in [5, 5.41) is 11.5. The van der Waals surface area contributed by atoms with Crippen LogP contribution >= 0.6 is 11.6 Å². The highest BCUT2D eigenvalue weighted by molar-refractivity contribution is 6.31. The predicted molar refractivity (Wildman–Crippen MR) is 63.6 cm³/mol. The van der Waals surface area contributed by atoms with Gasteiger partial charge in [-0.15, -0.1) is 0 Å². The van der Waals surface area contributed by atoms with E-state index in [4.69, 9.17) is 16.9 Å². The number of benzene rings is 1. The van der Waals surface area contributed by atoms with Crippen LogP contribution in [0.25, 0.3) is 0 Å². The van der Waals surface area contributed by atoms with Crippen LogP contribution in [0.2, 0.25) is 5.02 Å². The van der Waals surface area contributed by atoms with Gasteiger partial charge in [-0.2, -0.15) is 5.26 Å². The zero-order chi connectivity index (χ0) is 12.3. The number of nitrogens with one attached hydrogen (secondary N) is 1. The minimum atomic E-state index is -0.543. The van der Waals surface area contributed by atoms with Crippen LogP contribution in [0.4, 0.5) is 15.9 Å². The molecule has 3 nitrogen and oxygen atoms in total. The van der Waals surface area contributed by atoms with E-state index in [2.05, 4.69) is 10.3 Å². The first kappa shape index (κ1) is 11.4. The minimum Gasteiger partial charge on any atom is -0.338 e. The molecule has 0 spiro atoms. The van der Waals surface area contributed by atoms with E-state index in [1.807, 2.05) is 6.07 Å². The van der Waals surface area contributed by atoms with Crippen molar-refractivity contribution >= 4 is 23.1 Å². The SMILES string of the molecule is N#Cc1cccc(Nc2cccc(Cl)c2F)n1. The van der Waals surface area contributed by atoms with Crippen LogP contribution in [0, 0.1) is 17.1 Å². The molecule has 0 aliphatic rings. The summed E-state index contributed by atoms with van der Waals surface area (Å²) in [4.78, 5) is 3.98. The largest absolute Gasteiger partial charge is 0.338 e. The molecule has 0 unspecified atom stereocenters. The van der Waals surface area contributed by atoms with Gasteiger partial charge in [0.1, 0.15) is 17.6 Å². The summed E-state index contributed by atoms with van der Waals surface area (Å²) < 4.78 is 13.6. The average molecular weight is 248 g/mol. The van der Waals surface area contributed by atoms with Crippen LogP contribution in [-0.4, -0.2) is 4.98 Å². The zero-order valence-corrected chi connectivity index (χ0v) is 9.37. The summed E-state index contributed by atoms with van der Waals surface area (Å²) in [6.45, 7) is 0. The molecule has 84 valence electrons. The van der Waals surface area contributed by atoms with E-state index in [1.54, 1.807) is 30.3 Å². The first-order valence-corrected chi connectivity index (χ1v) is 5.16. The Morgan fingerprint density at radius 3 is 2.76 bits per heavy atom. The van der Waals surface area contributed by atoms with Crippen LogP contribution in [0.5, 0.6) is 0 Å². The molecule has 0 fully saturated rings. The summed E-state index contributed by atoms with van der Waals surface area (Å²) in [5.74, 6) is -0.149. The number of nitrogens with zero attached hydrogens (tertiary/aromatic N) is 2. The molecule has 1 heterocycles. The Morgan fingerprint density at radius 1 is 1.24 bits per heavy atom. The maximum absolute atomic E-state index is 13.6. The lowest BCUT2D eigenvalue weighted by atomic mass is 10.3. The number of hydrogen-bond acceptors (Lipinski definition) is 3. The normalized spacial score (nSPS) is 9.71. The van der Waals surface area contributed by atoms with Crippen molar-refractivity contribution in [3.63, 3.8) is 0 Å². The van der Waals surface area contributed by atoms with Crippen LogP contribution in [0.1, 0.15) is 5.69 Å². The van der Waals surface area contributed by atoms with Crippen LogP contribution < -0.4 is 5.32 Å². The summed E-state index contributed by atoms with van der Waals surface area (Å²) in [7, 11) is 0. The molecule has 0 saturated heterocycles. The molecule has 0 amide bonds. The molecule has 0 atom stereocenters. The Kier molecular flexibility index (Phi) is 3.22. The van der Waals surface area contributed by atoms with Gasteiger partial charge in [0.25, 0.3) is 0 Å². The molecule has 5 heteroatoms. The molecule has 0 aliphatic carbocycles. The first-order valence-electron chi connectivity index (χ1n) is 4.79. The first-order chi connectivity index (χ1) is 8.20. The third-order valence-corrected chi connectivity index (χ3v) is 2.37. The number of pyridine rings is 1. The zero-order valence-electron chi connectivity index (χ0n) is 8.61. The molecule has 17 heavy (non-hydrogen) atoms. The molecule has 0 bridgehead atoms. The highest BCUT2D eigenvalue weighted by Gasteiger charge is 2.06. The van der Waals surface area contributed by atoms with Crippen molar-refractivity contribution in [2.45, 2.75) is 0 Å². The number of anilines is 2. The standard InChI is InChI=1S/C12H7ClFN3/c13-9-4-2-5-10(12(9)14)17-11-6-1-3-8(7-15)16-11/h1-6H,(H,16,17). The fourth-order valence-corrected chi connectivity index (χ4v) is 1.48. The van der Waals surface area contributed by atoms with Crippen molar-refractivity contribution in [3.05, 3.63) is 52.9 Å². The number of nitriles is 1. The average Bonchev–Trinajstić information content (AvgIpc) is 2.35. The minimum absolute atomic E-state index is 0.0337. The van der Waals surface area contributed by atoms with Gasteiger partial charge in [-0.25, -0.2) is 9.37 Å². The lowest BCUT2D eigenvalue weighted by Gasteiger charge is -2.07. The molecule has 1 aromatic heterocycles.